The number of hydrogen-bond acceptors (Lipinski definition) is 18. The Kier molecular flexibility index (Phi) is 10.3. The van der Waals surface area contributed by atoms with Gasteiger partial charge in [-0.15, -0.1) is 0 Å². The van der Waals surface area contributed by atoms with Crippen molar-refractivity contribution in [1.82, 2.24) is 0 Å². The molecule has 3 aliphatic heterocycles. The molecule has 0 spiro atoms. The van der Waals surface area contributed by atoms with Gasteiger partial charge in [0.15, 0.2) is 12.1 Å². The highest BCUT2D eigenvalue weighted by molar-refractivity contribution is 5.88. The van der Waals surface area contributed by atoms with E-state index in [1.54, 1.807) is 0 Å². The van der Waals surface area contributed by atoms with Crippen LogP contribution in [0.15, 0.2) is 45.6 Å². The van der Waals surface area contributed by atoms with E-state index in [0.717, 1.165) is 6.07 Å². The fourth-order valence-electron chi connectivity index (χ4n) is 5.94. The number of hydrogen-bond donors (Lipinski definition) is 10. The largest absolute Gasteiger partial charge is 0.508 e. The number of aromatic hydroxyl groups is 2. The molecule has 4 heterocycles. The average Bonchev–Trinajstić information content (AvgIpc) is 3.08. The molecule has 1 aromatic heterocycles. The molecule has 50 heavy (non-hydrogen) atoms. The van der Waals surface area contributed by atoms with Crippen LogP contribution >= 0.6 is 0 Å². The van der Waals surface area contributed by atoms with Crippen LogP contribution in [0.4, 0.5) is 0 Å². The summed E-state index contributed by atoms with van der Waals surface area (Å²) in [5.74, 6) is -1.79. The molecule has 0 aliphatic carbocycles. The van der Waals surface area contributed by atoms with Crippen molar-refractivity contribution >= 4 is 11.0 Å². The van der Waals surface area contributed by atoms with E-state index in [0.29, 0.717) is 0 Å². The normalized spacial score (nSPS) is 37.8. The van der Waals surface area contributed by atoms with Crippen LogP contribution in [0.5, 0.6) is 23.0 Å². The summed E-state index contributed by atoms with van der Waals surface area (Å²) < 4.78 is 39.6. The summed E-state index contributed by atoms with van der Waals surface area (Å²) in [6.07, 6.45) is -21.1. The van der Waals surface area contributed by atoms with Gasteiger partial charge in [0.25, 0.3) is 0 Å². The Bertz CT molecular complexity index is 1710. The van der Waals surface area contributed by atoms with Crippen LogP contribution in [0.25, 0.3) is 22.3 Å². The zero-order chi connectivity index (χ0) is 36.2. The summed E-state index contributed by atoms with van der Waals surface area (Å²) in [5.41, 5.74) is -1.02. The van der Waals surface area contributed by atoms with Gasteiger partial charge in [-0.3, -0.25) is 4.79 Å². The van der Waals surface area contributed by atoms with Crippen LogP contribution in [-0.4, -0.2) is 144 Å². The fourth-order valence-corrected chi connectivity index (χ4v) is 5.94. The van der Waals surface area contributed by atoms with E-state index >= 15 is 0 Å². The molecular formula is C32H38O18. The van der Waals surface area contributed by atoms with Crippen molar-refractivity contribution in [3.8, 4) is 34.3 Å². The lowest BCUT2D eigenvalue weighted by Gasteiger charge is -2.44. The van der Waals surface area contributed by atoms with Crippen molar-refractivity contribution < 1.29 is 83.9 Å². The van der Waals surface area contributed by atoms with Gasteiger partial charge in [0.1, 0.15) is 83.2 Å². The Morgan fingerprint density at radius 1 is 0.700 bits per heavy atom. The van der Waals surface area contributed by atoms with Gasteiger partial charge in [-0.25, -0.2) is 0 Å². The minimum atomic E-state index is -1.89. The van der Waals surface area contributed by atoms with Crippen molar-refractivity contribution in [2.24, 2.45) is 0 Å². The Hall–Kier alpha value is -3.63. The van der Waals surface area contributed by atoms with Gasteiger partial charge in [0, 0.05) is 17.7 Å². The Labute approximate surface area is 282 Å². The minimum Gasteiger partial charge on any atom is -0.508 e. The SMILES string of the molecule is C[C@@H]1O[C@@H](Oc2cc(O)c3c(=O)c(O[C@@H]4O[C@@H](C)[C@H](O[C@@H]5OC[C@H](O)[C@@H](O)[C@H]5O)[C@@H](O)[C@H]4O)c(-c4ccc(O)cc4)oc3c2)[C@H](O)[C@H](O)[C@H]1O. The molecule has 274 valence electrons. The number of benzene rings is 2. The van der Waals surface area contributed by atoms with Crippen molar-refractivity contribution in [2.45, 2.75) is 99.9 Å². The molecule has 18 nitrogen and oxygen atoms in total. The molecule has 18 heteroatoms. The van der Waals surface area contributed by atoms with Crippen molar-refractivity contribution in [3.05, 3.63) is 46.6 Å². The van der Waals surface area contributed by atoms with Gasteiger partial charge in [0.2, 0.25) is 23.8 Å². The molecule has 0 radical (unpaired) electrons. The summed E-state index contributed by atoms with van der Waals surface area (Å²) in [6.45, 7) is 2.50. The lowest BCUT2D eigenvalue weighted by atomic mass is 9.99. The number of ether oxygens (including phenoxy) is 6. The molecule has 3 fully saturated rings. The predicted octanol–water partition coefficient (Wildman–Crippen LogP) is -2.25. The first-order valence-corrected chi connectivity index (χ1v) is 15.6. The monoisotopic (exact) mass is 710 g/mol. The molecule has 14 atom stereocenters. The first kappa shape index (κ1) is 36.2. The molecule has 3 aromatic rings. The highest BCUT2D eigenvalue weighted by Gasteiger charge is 2.49. The van der Waals surface area contributed by atoms with E-state index in [2.05, 4.69) is 0 Å². The highest BCUT2D eigenvalue weighted by Crippen LogP contribution is 2.39. The summed E-state index contributed by atoms with van der Waals surface area (Å²) in [5, 5.41) is 103. The van der Waals surface area contributed by atoms with Crippen LogP contribution < -0.4 is 14.9 Å². The van der Waals surface area contributed by atoms with Gasteiger partial charge in [0.05, 0.1) is 18.8 Å². The predicted molar refractivity (Wildman–Crippen MR) is 164 cm³/mol. The van der Waals surface area contributed by atoms with Crippen LogP contribution in [0, 0.1) is 0 Å². The lowest BCUT2D eigenvalue weighted by molar-refractivity contribution is -0.334. The van der Waals surface area contributed by atoms with Crippen molar-refractivity contribution in [3.63, 3.8) is 0 Å². The van der Waals surface area contributed by atoms with Crippen molar-refractivity contribution in [1.29, 1.82) is 0 Å². The van der Waals surface area contributed by atoms with E-state index < -0.39 is 108 Å². The number of aliphatic hydroxyl groups is 8. The summed E-state index contributed by atoms with van der Waals surface area (Å²) in [6, 6.07) is 7.56. The molecule has 3 saturated heterocycles. The van der Waals surface area contributed by atoms with Crippen molar-refractivity contribution in [2.75, 3.05) is 6.61 Å². The topological polar surface area (TPSA) is 288 Å². The van der Waals surface area contributed by atoms with Crippen LogP contribution in [-0.2, 0) is 18.9 Å². The molecule has 3 aliphatic rings. The summed E-state index contributed by atoms with van der Waals surface area (Å²) >= 11 is 0. The van der Waals surface area contributed by atoms with E-state index in [1.165, 1.54) is 44.2 Å². The maximum atomic E-state index is 14.0. The maximum absolute atomic E-state index is 14.0. The smallest absolute Gasteiger partial charge is 0.239 e. The van der Waals surface area contributed by atoms with E-state index in [-0.39, 0.29) is 35.0 Å². The Balaban J connectivity index is 1.31. The number of fused-ring (bicyclic) bond motifs is 1. The molecule has 6 rings (SSSR count). The molecule has 0 unspecified atom stereocenters. The Morgan fingerprint density at radius 2 is 1.32 bits per heavy atom. The van der Waals surface area contributed by atoms with Crippen LogP contribution in [0.3, 0.4) is 0 Å². The van der Waals surface area contributed by atoms with Gasteiger partial charge in [-0.2, -0.15) is 0 Å². The second kappa shape index (κ2) is 14.2. The maximum Gasteiger partial charge on any atom is 0.239 e. The number of rotatable bonds is 7. The average molecular weight is 711 g/mol. The number of aliphatic hydroxyl groups excluding tert-OH is 8. The fraction of sp³-hybridized carbons (Fsp3) is 0.531. The molecule has 0 amide bonds. The third-order valence-electron chi connectivity index (χ3n) is 8.85. The molecule has 0 bridgehead atoms. The summed E-state index contributed by atoms with van der Waals surface area (Å²) in [4.78, 5) is 14.0. The highest BCUT2D eigenvalue weighted by atomic mass is 16.7. The van der Waals surface area contributed by atoms with Crippen LogP contribution in [0.1, 0.15) is 13.8 Å². The lowest BCUT2D eigenvalue weighted by Crippen LogP contribution is -2.62. The number of phenols is 2. The second-order valence-corrected chi connectivity index (χ2v) is 12.4. The number of phenolic OH excluding ortho intramolecular Hbond substituents is 2. The molecule has 10 N–H and O–H groups in total. The van der Waals surface area contributed by atoms with Gasteiger partial charge < -0.3 is 83.9 Å². The third kappa shape index (κ3) is 6.73. The minimum absolute atomic E-state index is 0.122. The zero-order valence-electron chi connectivity index (χ0n) is 26.5. The first-order chi connectivity index (χ1) is 23.7. The van der Waals surface area contributed by atoms with Crippen LogP contribution in [0.2, 0.25) is 0 Å². The summed E-state index contributed by atoms with van der Waals surface area (Å²) in [7, 11) is 0. The first-order valence-electron chi connectivity index (χ1n) is 15.6. The van der Waals surface area contributed by atoms with Gasteiger partial charge in [-0.05, 0) is 38.1 Å². The van der Waals surface area contributed by atoms with E-state index in [4.69, 9.17) is 32.8 Å². The third-order valence-corrected chi connectivity index (χ3v) is 8.85. The van der Waals surface area contributed by atoms with Gasteiger partial charge in [-0.1, -0.05) is 0 Å². The second-order valence-electron chi connectivity index (χ2n) is 12.4. The Morgan fingerprint density at radius 3 is 2.02 bits per heavy atom. The molecular weight excluding hydrogens is 672 g/mol. The zero-order valence-corrected chi connectivity index (χ0v) is 26.5. The molecule has 2 aromatic carbocycles. The standard InChI is InChI=1S/C32H38O18/c1-10-19(36)22(39)25(42)31(45-10)47-14-7-15(34)18-17(8-14)48-28(12-3-5-13(33)6-4-12)29(21(18)38)50-32-26(43)23(40)27(11(2)46-32)49-30-24(41)20(37)16(35)9-44-30/h3-8,10-11,16,19-20,22-27,30-37,39-43H,9H2,1-2H3/t10-,11-,16-,19-,20+,22+,23-,24+,25+,26+,27-,30-,31-,32-/m0/s1. The van der Waals surface area contributed by atoms with E-state index in [1.807, 2.05) is 0 Å². The quantitative estimate of drug-likeness (QED) is 0.124. The van der Waals surface area contributed by atoms with Gasteiger partial charge >= 0.3 is 0 Å². The van der Waals surface area contributed by atoms with E-state index in [9.17, 15) is 55.9 Å². The molecule has 0 saturated carbocycles.